The van der Waals surface area contributed by atoms with Gasteiger partial charge in [0.05, 0.1) is 24.5 Å². The van der Waals surface area contributed by atoms with Crippen LogP contribution in [0.1, 0.15) is 59.6 Å². The molecule has 0 radical (unpaired) electrons. The van der Waals surface area contributed by atoms with Gasteiger partial charge in [0, 0.05) is 23.6 Å². The number of carboxylic acids is 1. The van der Waals surface area contributed by atoms with Crippen molar-refractivity contribution in [2.45, 2.75) is 53.4 Å². The van der Waals surface area contributed by atoms with Gasteiger partial charge in [-0.25, -0.2) is 4.79 Å². The van der Waals surface area contributed by atoms with Gasteiger partial charge in [-0.2, -0.15) is 0 Å². The standard InChI is InChI=1S/C32H35NO7.Na.H/c1-5-11-23-27(14-9-15-28(23)39-29-13-8-7-12-24(29)32(35)36)37-16-10-17-38-30-19-26(34)25(18-22(30)6-2)31-20(3)33-40-21(31)4;;/h7-9,12-15,18-19,34H,5-6,10-11,16-17H2,1-4H3,(H,35,36);;. The van der Waals surface area contributed by atoms with Crippen molar-refractivity contribution < 1.29 is 33.7 Å². The van der Waals surface area contributed by atoms with Crippen molar-refractivity contribution in [2.75, 3.05) is 13.2 Å². The van der Waals surface area contributed by atoms with Crippen LogP contribution in [0.3, 0.4) is 0 Å². The van der Waals surface area contributed by atoms with Gasteiger partial charge in [-0.05, 0) is 62.6 Å². The van der Waals surface area contributed by atoms with Crippen LogP contribution < -0.4 is 14.2 Å². The molecule has 212 valence electrons. The fourth-order valence-electron chi connectivity index (χ4n) is 4.64. The number of phenolic OH excluding ortho intramolecular Hbond substituents is 1. The summed E-state index contributed by atoms with van der Waals surface area (Å²) in [6.07, 6.45) is 2.94. The van der Waals surface area contributed by atoms with Gasteiger partial charge in [-0.1, -0.05) is 43.6 Å². The monoisotopic (exact) mass is 569 g/mol. The second-order valence-electron chi connectivity index (χ2n) is 9.47. The molecule has 1 aromatic heterocycles. The summed E-state index contributed by atoms with van der Waals surface area (Å²) in [7, 11) is 0. The van der Waals surface area contributed by atoms with Gasteiger partial charge in [-0.3, -0.25) is 0 Å². The fraction of sp³-hybridized carbons (Fsp3) is 0.312. The maximum atomic E-state index is 11.6. The number of benzene rings is 3. The predicted molar refractivity (Wildman–Crippen MR) is 159 cm³/mol. The molecular formula is C32H36NNaO7. The molecule has 0 fully saturated rings. The van der Waals surface area contributed by atoms with E-state index in [1.165, 1.54) is 6.07 Å². The number of carbonyl (C=O) groups is 1. The van der Waals surface area contributed by atoms with Crippen molar-refractivity contribution in [1.82, 2.24) is 5.16 Å². The van der Waals surface area contributed by atoms with E-state index in [1.54, 1.807) is 24.3 Å². The third kappa shape index (κ3) is 7.64. The number of para-hydroxylation sites is 1. The van der Waals surface area contributed by atoms with E-state index in [0.717, 1.165) is 35.2 Å². The van der Waals surface area contributed by atoms with Crippen LogP contribution in [-0.4, -0.2) is 64.1 Å². The van der Waals surface area contributed by atoms with Crippen LogP contribution in [-0.2, 0) is 12.8 Å². The van der Waals surface area contributed by atoms with Crippen LogP contribution in [0.5, 0.6) is 28.7 Å². The number of aryl methyl sites for hydroxylation is 3. The minimum atomic E-state index is -1.04. The van der Waals surface area contributed by atoms with Crippen LogP contribution in [0.4, 0.5) is 0 Å². The molecule has 0 unspecified atom stereocenters. The Morgan fingerprint density at radius 2 is 1.61 bits per heavy atom. The molecule has 2 N–H and O–H groups in total. The van der Waals surface area contributed by atoms with Gasteiger partial charge in [-0.15, -0.1) is 0 Å². The molecule has 4 rings (SSSR count). The Labute approximate surface area is 262 Å². The van der Waals surface area contributed by atoms with E-state index in [4.69, 9.17) is 18.7 Å². The normalized spacial score (nSPS) is 10.6. The predicted octanol–water partition coefficient (Wildman–Crippen LogP) is 6.87. The number of carboxylic acid groups (broad SMARTS) is 1. The van der Waals surface area contributed by atoms with Gasteiger partial charge in [0.25, 0.3) is 0 Å². The molecule has 0 bridgehead atoms. The number of rotatable bonds is 13. The Morgan fingerprint density at radius 1 is 0.927 bits per heavy atom. The van der Waals surface area contributed by atoms with Crippen molar-refractivity contribution in [1.29, 1.82) is 0 Å². The van der Waals surface area contributed by atoms with Crippen LogP contribution in [0.25, 0.3) is 11.1 Å². The Hall–Kier alpha value is -3.46. The third-order valence-electron chi connectivity index (χ3n) is 6.59. The first-order valence-electron chi connectivity index (χ1n) is 13.5. The minimum absolute atomic E-state index is 0. The van der Waals surface area contributed by atoms with Crippen LogP contribution >= 0.6 is 0 Å². The van der Waals surface area contributed by atoms with Crippen molar-refractivity contribution in [3.63, 3.8) is 0 Å². The Morgan fingerprint density at radius 3 is 2.27 bits per heavy atom. The summed E-state index contributed by atoms with van der Waals surface area (Å²) in [6.45, 7) is 8.60. The third-order valence-corrected chi connectivity index (χ3v) is 6.59. The molecule has 9 heteroatoms. The number of hydrogen-bond donors (Lipinski definition) is 2. The van der Waals surface area contributed by atoms with E-state index in [1.807, 2.05) is 45.0 Å². The summed E-state index contributed by atoms with van der Waals surface area (Å²) in [5.74, 6) is 1.92. The van der Waals surface area contributed by atoms with E-state index in [0.29, 0.717) is 54.6 Å². The maximum absolute atomic E-state index is 11.6. The average molecular weight is 570 g/mol. The first-order valence-corrected chi connectivity index (χ1v) is 13.5. The number of aromatic carboxylic acids is 1. The number of ether oxygens (including phenoxy) is 3. The summed E-state index contributed by atoms with van der Waals surface area (Å²) in [4.78, 5) is 11.6. The van der Waals surface area contributed by atoms with E-state index < -0.39 is 5.97 Å². The SMILES string of the molecule is CCCc1c(OCCCOc2cc(O)c(-c3c(C)noc3C)cc2CC)cccc1Oc1ccccc1C(=O)O.[NaH]. The Bertz CT molecular complexity index is 1460. The number of phenols is 1. The summed E-state index contributed by atoms with van der Waals surface area (Å²) in [6, 6.07) is 15.7. The molecule has 0 aliphatic carbocycles. The molecule has 0 aliphatic rings. The number of aromatic nitrogens is 1. The zero-order chi connectivity index (χ0) is 28.6. The van der Waals surface area contributed by atoms with E-state index in [2.05, 4.69) is 12.1 Å². The molecule has 0 amide bonds. The molecular weight excluding hydrogens is 533 g/mol. The Kier molecular flexibility index (Phi) is 11.7. The van der Waals surface area contributed by atoms with Crippen LogP contribution in [0.15, 0.2) is 59.1 Å². The molecule has 0 aliphatic heterocycles. The zero-order valence-corrected chi connectivity index (χ0v) is 23.3. The van der Waals surface area contributed by atoms with Gasteiger partial charge in [0.2, 0.25) is 0 Å². The molecule has 1 heterocycles. The summed E-state index contributed by atoms with van der Waals surface area (Å²) in [5, 5.41) is 24.2. The molecule has 0 spiro atoms. The summed E-state index contributed by atoms with van der Waals surface area (Å²) >= 11 is 0. The molecule has 41 heavy (non-hydrogen) atoms. The van der Waals surface area contributed by atoms with Gasteiger partial charge in [0.1, 0.15) is 40.1 Å². The molecule has 4 aromatic rings. The van der Waals surface area contributed by atoms with Crippen molar-refractivity contribution in [3.8, 4) is 39.9 Å². The number of hydrogen-bond acceptors (Lipinski definition) is 7. The zero-order valence-electron chi connectivity index (χ0n) is 23.3. The van der Waals surface area contributed by atoms with Gasteiger partial charge in [0.15, 0.2) is 0 Å². The van der Waals surface area contributed by atoms with E-state index >= 15 is 0 Å². The first-order chi connectivity index (χ1) is 19.3. The molecule has 3 aromatic carbocycles. The van der Waals surface area contributed by atoms with Crippen molar-refractivity contribution in [2.24, 2.45) is 0 Å². The van der Waals surface area contributed by atoms with Crippen LogP contribution in [0, 0.1) is 13.8 Å². The van der Waals surface area contributed by atoms with E-state index in [9.17, 15) is 15.0 Å². The second-order valence-corrected chi connectivity index (χ2v) is 9.47. The first kappa shape index (κ1) is 32.1. The fourth-order valence-corrected chi connectivity index (χ4v) is 4.64. The van der Waals surface area contributed by atoms with Crippen molar-refractivity contribution in [3.05, 3.63) is 82.7 Å². The summed E-state index contributed by atoms with van der Waals surface area (Å²) in [5.41, 5.74) is 4.17. The number of aromatic hydroxyl groups is 1. The molecule has 0 saturated carbocycles. The molecule has 8 nitrogen and oxygen atoms in total. The van der Waals surface area contributed by atoms with Crippen molar-refractivity contribution >= 4 is 35.5 Å². The number of nitrogens with zero attached hydrogens (tertiary/aromatic N) is 1. The topological polar surface area (TPSA) is 111 Å². The molecule has 0 saturated heterocycles. The van der Waals surface area contributed by atoms with E-state index in [-0.39, 0.29) is 46.6 Å². The van der Waals surface area contributed by atoms with Crippen LogP contribution in [0.2, 0.25) is 0 Å². The Balaban J connectivity index is 0.00000462. The summed E-state index contributed by atoms with van der Waals surface area (Å²) < 4.78 is 23.5. The average Bonchev–Trinajstić information content (AvgIpc) is 3.27. The molecule has 0 atom stereocenters. The second kappa shape index (κ2) is 15.0. The van der Waals surface area contributed by atoms with Gasteiger partial charge >= 0.3 is 35.5 Å². The quantitative estimate of drug-likeness (QED) is 0.133. The van der Waals surface area contributed by atoms with Gasteiger partial charge < -0.3 is 28.9 Å².